The number of amides is 1. The Bertz CT molecular complexity index is 379. The summed E-state index contributed by atoms with van der Waals surface area (Å²) in [6.45, 7) is 7.40. The van der Waals surface area contributed by atoms with Crippen LogP contribution in [0, 0.1) is 29.1 Å². The van der Waals surface area contributed by atoms with Crippen molar-refractivity contribution in [1.82, 2.24) is 4.90 Å². The van der Waals surface area contributed by atoms with Crippen molar-refractivity contribution in [2.24, 2.45) is 29.1 Å². The number of hydrogen-bond donors (Lipinski definition) is 0. The molecule has 1 saturated heterocycles. The number of fused-ring (bicyclic) bond motifs is 3. The third-order valence-electron chi connectivity index (χ3n) is 7.14. The zero-order chi connectivity index (χ0) is 13.8. The largest absolute Gasteiger partial charge is 0.342 e. The van der Waals surface area contributed by atoms with E-state index >= 15 is 0 Å². The Morgan fingerprint density at radius 3 is 2.63 bits per heavy atom. The zero-order valence-corrected chi connectivity index (χ0v) is 13.0. The molecule has 6 atom stereocenters. The van der Waals surface area contributed by atoms with Crippen molar-refractivity contribution in [1.29, 1.82) is 0 Å². The van der Waals surface area contributed by atoms with Crippen molar-refractivity contribution in [2.75, 3.05) is 7.05 Å². The van der Waals surface area contributed by atoms with Gasteiger partial charge in [0.25, 0.3) is 0 Å². The van der Waals surface area contributed by atoms with Crippen LogP contribution in [0.25, 0.3) is 0 Å². The summed E-state index contributed by atoms with van der Waals surface area (Å²) in [6.07, 6.45) is 7.26. The molecule has 0 bridgehead atoms. The summed E-state index contributed by atoms with van der Waals surface area (Å²) < 4.78 is 0. The van der Waals surface area contributed by atoms with Gasteiger partial charge in [0, 0.05) is 19.5 Å². The van der Waals surface area contributed by atoms with E-state index in [2.05, 4.69) is 25.7 Å². The van der Waals surface area contributed by atoms with Crippen LogP contribution in [0.1, 0.15) is 59.3 Å². The lowest BCUT2D eigenvalue weighted by atomic mass is 9.50. The van der Waals surface area contributed by atoms with Gasteiger partial charge in [0.15, 0.2) is 0 Å². The van der Waals surface area contributed by atoms with Crippen molar-refractivity contribution < 1.29 is 4.79 Å². The molecular weight excluding hydrogens is 234 g/mol. The molecule has 0 aromatic carbocycles. The lowest BCUT2D eigenvalue weighted by molar-refractivity contribution is -0.153. The van der Waals surface area contributed by atoms with E-state index in [1.54, 1.807) is 0 Å². The Labute approximate surface area is 117 Å². The Balaban J connectivity index is 1.89. The first-order chi connectivity index (χ1) is 8.95. The number of carbonyl (C=O) groups is 1. The summed E-state index contributed by atoms with van der Waals surface area (Å²) in [6, 6.07) is 0.510. The van der Waals surface area contributed by atoms with Gasteiger partial charge in [0.1, 0.15) is 0 Å². The summed E-state index contributed by atoms with van der Waals surface area (Å²) in [7, 11) is 2.04. The minimum absolute atomic E-state index is 0.373. The van der Waals surface area contributed by atoms with Crippen LogP contribution in [0.15, 0.2) is 0 Å². The first-order valence-corrected chi connectivity index (χ1v) is 8.21. The fourth-order valence-electron chi connectivity index (χ4n) is 5.63. The van der Waals surface area contributed by atoms with Gasteiger partial charge in [-0.3, -0.25) is 4.79 Å². The molecule has 1 aliphatic heterocycles. The maximum atomic E-state index is 12.0. The molecule has 2 saturated carbocycles. The topological polar surface area (TPSA) is 20.3 Å². The van der Waals surface area contributed by atoms with Gasteiger partial charge in [0.05, 0.1) is 0 Å². The SMILES string of the molecule is CC1CCC2[C@@H](CCC3N(C)C(=O)CC[C@]23C)C1C. The second kappa shape index (κ2) is 4.49. The van der Waals surface area contributed by atoms with Crippen LogP contribution in [0.4, 0.5) is 0 Å². The van der Waals surface area contributed by atoms with Crippen LogP contribution >= 0.6 is 0 Å². The molecule has 108 valence electrons. The summed E-state index contributed by atoms with van der Waals surface area (Å²) in [4.78, 5) is 14.1. The molecule has 3 fully saturated rings. The smallest absolute Gasteiger partial charge is 0.222 e. The molecule has 0 spiro atoms. The molecule has 0 radical (unpaired) electrons. The summed E-state index contributed by atoms with van der Waals surface area (Å²) in [5.74, 6) is 3.90. The minimum atomic E-state index is 0.373. The Hall–Kier alpha value is -0.530. The van der Waals surface area contributed by atoms with E-state index in [4.69, 9.17) is 0 Å². The molecule has 2 aliphatic carbocycles. The van der Waals surface area contributed by atoms with Gasteiger partial charge in [-0.1, -0.05) is 27.2 Å². The fourth-order valence-corrected chi connectivity index (χ4v) is 5.63. The number of piperidine rings is 1. The van der Waals surface area contributed by atoms with Crippen LogP contribution in [0.2, 0.25) is 0 Å². The molecule has 3 rings (SSSR count). The maximum Gasteiger partial charge on any atom is 0.222 e. The van der Waals surface area contributed by atoms with Crippen molar-refractivity contribution >= 4 is 5.91 Å². The Morgan fingerprint density at radius 2 is 1.89 bits per heavy atom. The molecule has 1 amide bonds. The molecule has 1 heterocycles. The van der Waals surface area contributed by atoms with Gasteiger partial charge in [-0.25, -0.2) is 0 Å². The van der Waals surface area contributed by atoms with Gasteiger partial charge >= 0.3 is 0 Å². The highest BCUT2D eigenvalue weighted by atomic mass is 16.2. The molecule has 19 heavy (non-hydrogen) atoms. The Kier molecular flexibility index (Phi) is 3.18. The van der Waals surface area contributed by atoms with Crippen molar-refractivity contribution in [2.45, 2.75) is 65.3 Å². The van der Waals surface area contributed by atoms with Crippen LogP contribution in [0.3, 0.4) is 0 Å². The van der Waals surface area contributed by atoms with E-state index in [0.717, 1.165) is 36.5 Å². The molecule has 2 nitrogen and oxygen atoms in total. The second-order valence-corrected chi connectivity index (χ2v) is 7.79. The fraction of sp³-hybridized carbons (Fsp3) is 0.941. The lowest BCUT2D eigenvalue weighted by Crippen LogP contribution is -2.60. The van der Waals surface area contributed by atoms with Gasteiger partial charge in [-0.2, -0.15) is 0 Å². The molecule has 0 aromatic heterocycles. The number of rotatable bonds is 0. The predicted octanol–water partition coefficient (Wildman–Crippen LogP) is 3.71. The standard InChI is InChI=1S/C17H29NO/c1-11-5-7-14-13(12(11)2)6-8-15-17(14,3)10-9-16(19)18(15)4/h11-15H,5-10H2,1-4H3/t11?,12?,13-,14?,15?,17+/m0/s1. The van der Waals surface area contributed by atoms with Crippen molar-refractivity contribution in [3.8, 4) is 0 Å². The number of carbonyl (C=O) groups excluding carboxylic acids is 1. The first kappa shape index (κ1) is 13.5. The van der Waals surface area contributed by atoms with Crippen molar-refractivity contribution in [3.05, 3.63) is 0 Å². The van der Waals surface area contributed by atoms with Crippen LogP contribution < -0.4 is 0 Å². The van der Waals surface area contributed by atoms with Crippen molar-refractivity contribution in [3.63, 3.8) is 0 Å². The summed E-state index contributed by atoms with van der Waals surface area (Å²) in [5.41, 5.74) is 0.389. The van der Waals surface area contributed by atoms with Gasteiger partial charge in [-0.05, 0) is 54.8 Å². The molecule has 4 unspecified atom stereocenters. The van der Waals surface area contributed by atoms with E-state index in [1.807, 2.05) is 7.05 Å². The van der Waals surface area contributed by atoms with E-state index in [-0.39, 0.29) is 0 Å². The number of hydrogen-bond acceptors (Lipinski definition) is 1. The third kappa shape index (κ3) is 1.86. The van der Waals surface area contributed by atoms with Gasteiger partial charge < -0.3 is 4.90 Å². The van der Waals surface area contributed by atoms with Crippen LogP contribution in [0.5, 0.6) is 0 Å². The quantitative estimate of drug-likeness (QED) is 0.652. The molecule has 2 heteroatoms. The monoisotopic (exact) mass is 263 g/mol. The van der Waals surface area contributed by atoms with Gasteiger partial charge in [-0.15, -0.1) is 0 Å². The third-order valence-corrected chi connectivity index (χ3v) is 7.14. The Morgan fingerprint density at radius 1 is 1.16 bits per heavy atom. The molecule has 0 N–H and O–H groups in total. The van der Waals surface area contributed by atoms with E-state index in [1.165, 1.54) is 25.7 Å². The zero-order valence-electron chi connectivity index (χ0n) is 13.0. The normalized spacial score (nSPS) is 50.6. The van der Waals surface area contributed by atoms with Gasteiger partial charge in [0.2, 0.25) is 5.91 Å². The van der Waals surface area contributed by atoms with Crippen LogP contribution in [-0.2, 0) is 4.79 Å². The average Bonchev–Trinajstić information content (AvgIpc) is 2.39. The molecule has 0 aromatic rings. The van der Waals surface area contributed by atoms with E-state index < -0.39 is 0 Å². The first-order valence-electron chi connectivity index (χ1n) is 8.21. The highest BCUT2D eigenvalue weighted by molar-refractivity contribution is 5.77. The minimum Gasteiger partial charge on any atom is -0.342 e. The number of nitrogens with zero attached hydrogens (tertiary/aromatic N) is 1. The average molecular weight is 263 g/mol. The summed E-state index contributed by atoms with van der Waals surface area (Å²) >= 11 is 0. The maximum absolute atomic E-state index is 12.0. The highest BCUT2D eigenvalue weighted by Gasteiger charge is 2.54. The molecular formula is C17H29NO. The summed E-state index contributed by atoms with van der Waals surface area (Å²) in [5, 5.41) is 0. The second-order valence-electron chi connectivity index (χ2n) is 7.79. The highest BCUT2D eigenvalue weighted by Crippen LogP contribution is 2.58. The number of likely N-dealkylation sites (tertiary alicyclic amines) is 1. The van der Waals surface area contributed by atoms with Crippen LogP contribution in [-0.4, -0.2) is 23.9 Å². The molecule has 3 aliphatic rings. The van der Waals surface area contributed by atoms with E-state index in [9.17, 15) is 4.79 Å². The predicted molar refractivity (Wildman–Crippen MR) is 77.7 cm³/mol. The lowest BCUT2D eigenvalue weighted by Gasteiger charge is -2.59. The van der Waals surface area contributed by atoms with E-state index in [0.29, 0.717) is 17.4 Å².